The van der Waals surface area contributed by atoms with Crippen molar-refractivity contribution in [3.05, 3.63) is 65.7 Å². The minimum Gasteiger partial charge on any atom is -0.388 e. The number of carbonyl (C=O) groups is 1. The number of aliphatic hydroxyl groups is 1. The summed E-state index contributed by atoms with van der Waals surface area (Å²) in [6.07, 6.45) is 0.324. The topological polar surface area (TPSA) is 49.3 Å². The van der Waals surface area contributed by atoms with Gasteiger partial charge in [0.25, 0.3) is 0 Å². The van der Waals surface area contributed by atoms with E-state index in [4.69, 9.17) is 0 Å². The van der Waals surface area contributed by atoms with E-state index in [-0.39, 0.29) is 11.2 Å². The molecule has 3 nitrogen and oxygen atoms in total. The Morgan fingerprint density at radius 2 is 1.78 bits per heavy atom. The van der Waals surface area contributed by atoms with Crippen LogP contribution in [0.4, 0.5) is 5.69 Å². The van der Waals surface area contributed by atoms with Gasteiger partial charge in [-0.1, -0.05) is 55.5 Å². The number of anilines is 1. The Morgan fingerprint density at radius 3 is 2.48 bits per heavy atom. The number of carbonyl (C=O) groups excluding carboxylic acids is 1. The van der Waals surface area contributed by atoms with Crippen molar-refractivity contribution in [2.24, 2.45) is 0 Å². The normalized spacial score (nSPS) is 13.3. The Balaban J connectivity index is 1.88. The first kappa shape index (κ1) is 17.6. The lowest BCUT2D eigenvalue weighted by atomic mass is 10.1. The summed E-state index contributed by atoms with van der Waals surface area (Å²) in [6.45, 7) is 3.94. The summed E-state index contributed by atoms with van der Waals surface area (Å²) in [5.74, 6) is 0.463. The van der Waals surface area contributed by atoms with E-state index in [1.54, 1.807) is 0 Å². The Kier molecular flexibility index (Phi) is 6.68. The van der Waals surface area contributed by atoms with E-state index in [1.807, 2.05) is 61.5 Å². The van der Waals surface area contributed by atoms with Gasteiger partial charge >= 0.3 is 0 Å². The van der Waals surface area contributed by atoms with Crippen LogP contribution >= 0.6 is 11.8 Å². The van der Waals surface area contributed by atoms with E-state index in [0.717, 1.165) is 23.2 Å². The van der Waals surface area contributed by atoms with Crippen LogP contribution in [0.1, 0.15) is 31.1 Å². The lowest BCUT2D eigenvalue weighted by Gasteiger charge is -2.16. The molecule has 0 heterocycles. The highest BCUT2D eigenvalue weighted by atomic mass is 32.2. The third kappa shape index (κ3) is 5.12. The first-order chi connectivity index (χ1) is 11.1. The first-order valence-corrected chi connectivity index (χ1v) is 8.90. The maximum absolute atomic E-state index is 12.3. The number of benzene rings is 2. The number of amides is 1. The number of para-hydroxylation sites is 1. The van der Waals surface area contributed by atoms with E-state index in [1.165, 1.54) is 11.8 Å². The van der Waals surface area contributed by atoms with Gasteiger partial charge in [-0.15, -0.1) is 11.8 Å². The molecule has 122 valence electrons. The van der Waals surface area contributed by atoms with Gasteiger partial charge in [-0.2, -0.15) is 0 Å². The number of hydrogen-bond acceptors (Lipinski definition) is 3. The summed E-state index contributed by atoms with van der Waals surface area (Å²) in [7, 11) is 0. The first-order valence-electron chi connectivity index (χ1n) is 7.85. The van der Waals surface area contributed by atoms with Crippen molar-refractivity contribution in [3.8, 4) is 0 Å². The number of nitrogens with one attached hydrogen (secondary N) is 1. The molecule has 23 heavy (non-hydrogen) atoms. The number of aryl methyl sites for hydroxylation is 1. The van der Waals surface area contributed by atoms with Gasteiger partial charge in [0.2, 0.25) is 5.91 Å². The summed E-state index contributed by atoms with van der Waals surface area (Å²) in [4.78, 5) is 12.3. The van der Waals surface area contributed by atoms with Crippen LogP contribution in [0.3, 0.4) is 0 Å². The van der Waals surface area contributed by atoms with Crippen molar-refractivity contribution in [2.45, 2.75) is 31.6 Å². The number of rotatable bonds is 7. The zero-order valence-electron chi connectivity index (χ0n) is 13.5. The van der Waals surface area contributed by atoms with E-state index in [0.29, 0.717) is 5.75 Å². The third-order valence-electron chi connectivity index (χ3n) is 3.71. The van der Waals surface area contributed by atoms with Crippen LogP contribution in [0.15, 0.2) is 54.6 Å². The molecule has 0 saturated carbocycles. The molecule has 2 N–H and O–H groups in total. The predicted molar refractivity (Wildman–Crippen MR) is 97.8 cm³/mol. The molecule has 0 aliphatic rings. The Labute approximate surface area is 142 Å². The molecular weight excluding hydrogens is 306 g/mol. The molecule has 2 unspecified atom stereocenters. The second-order valence-corrected chi connectivity index (χ2v) is 6.78. The van der Waals surface area contributed by atoms with Gasteiger partial charge in [-0.3, -0.25) is 4.79 Å². The summed E-state index contributed by atoms with van der Waals surface area (Å²) < 4.78 is 0. The van der Waals surface area contributed by atoms with Gasteiger partial charge in [0.15, 0.2) is 0 Å². The largest absolute Gasteiger partial charge is 0.388 e. The van der Waals surface area contributed by atoms with E-state index < -0.39 is 6.10 Å². The Hall–Kier alpha value is -1.78. The average Bonchev–Trinajstić information content (AvgIpc) is 2.60. The van der Waals surface area contributed by atoms with Crippen LogP contribution in [-0.4, -0.2) is 22.0 Å². The number of thioether (sulfide) groups is 1. The van der Waals surface area contributed by atoms with E-state index >= 15 is 0 Å². The molecule has 1 amide bonds. The highest BCUT2D eigenvalue weighted by Crippen LogP contribution is 2.23. The minimum atomic E-state index is -0.556. The number of hydrogen-bond donors (Lipinski definition) is 2. The van der Waals surface area contributed by atoms with E-state index in [2.05, 4.69) is 12.2 Å². The van der Waals surface area contributed by atoms with Gasteiger partial charge in [0.05, 0.1) is 11.4 Å². The molecule has 2 aromatic carbocycles. The molecule has 0 saturated heterocycles. The molecule has 0 spiro atoms. The molecule has 0 aliphatic heterocycles. The molecule has 2 atom stereocenters. The summed E-state index contributed by atoms with van der Waals surface area (Å²) in [5.41, 5.74) is 2.88. The second kappa shape index (κ2) is 8.75. The van der Waals surface area contributed by atoms with Crippen LogP contribution in [0.5, 0.6) is 0 Å². The lowest BCUT2D eigenvalue weighted by molar-refractivity contribution is -0.115. The quantitative estimate of drug-likeness (QED) is 0.806. The predicted octanol–water partition coefficient (Wildman–Crippen LogP) is 4.04. The maximum atomic E-state index is 12.3. The van der Waals surface area contributed by atoms with Crippen molar-refractivity contribution in [1.82, 2.24) is 0 Å². The monoisotopic (exact) mass is 329 g/mol. The smallest absolute Gasteiger partial charge is 0.237 e. The van der Waals surface area contributed by atoms with Crippen molar-refractivity contribution in [2.75, 3.05) is 11.1 Å². The fourth-order valence-corrected chi connectivity index (χ4v) is 3.14. The van der Waals surface area contributed by atoms with Gasteiger partial charge < -0.3 is 10.4 Å². The molecule has 0 radical (unpaired) electrons. The van der Waals surface area contributed by atoms with Crippen LogP contribution in [-0.2, 0) is 11.2 Å². The molecular formula is C19H23NO2S. The zero-order chi connectivity index (χ0) is 16.7. The zero-order valence-corrected chi connectivity index (χ0v) is 14.3. The summed E-state index contributed by atoms with van der Waals surface area (Å²) >= 11 is 1.46. The summed E-state index contributed by atoms with van der Waals surface area (Å²) in [6, 6.07) is 17.4. The number of aliphatic hydroxyl groups excluding tert-OH is 1. The Bertz CT molecular complexity index is 630. The fourth-order valence-electron chi connectivity index (χ4n) is 2.27. The molecule has 0 aromatic heterocycles. The second-order valence-electron chi connectivity index (χ2n) is 5.40. The molecule has 2 rings (SSSR count). The van der Waals surface area contributed by atoms with Crippen LogP contribution < -0.4 is 5.32 Å². The van der Waals surface area contributed by atoms with Crippen molar-refractivity contribution in [3.63, 3.8) is 0 Å². The SMILES string of the molecule is CCc1ccccc1NC(=O)C(C)SCC(O)c1ccccc1. The van der Waals surface area contributed by atoms with Gasteiger partial charge in [0.1, 0.15) is 0 Å². The average molecular weight is 329 g/mol. The van der Waals surface area contributed by atoms with E-state index in [9.17, 15) is 9.90 Å². The fraction of sp³-hybridized carbons (Fsp3) is 0.316. The molecule has 0 fully saturated rings. The third-order valence-corrected chi connectivity index (χ3v) is 4.94. The molecule has 0 aliphatic carbocycles. The molecule has 4 heteroatoms. The minimum absolute atomic E-state index is 0.0313. The molecule has 0 bridgehead atoms. The maximum Gasteiger partial charge on any atom is 0.237 e. The van der Waals surface area contributed by atoms with Crippen molar-refractivity contribution >= 4 is 23.4 Å². The lowest BCUT2D eigenvalue weighted by Crippen LogP contribution is -2.24. The standard InChI is InChI=1S/C19H23NO2S/c1-3-15-9-7-8-12-17(15)20-19(22)14(2)23-13-18(21)16-10-5-4-6-11-16/h4-12,14,18,21H,3,13H2,1-2H3,(H,20,22). The van der Waals surface area contributed by atoms with Gasteiger partial charge in [0, 0.05) is 11.4 Å². The van der Waals surface area contributed by atoms with Crippen LogP contribution in [0.25, 0.3) is 0 Å². The highest BCUT2D eigenvalue weighted by Gasteiger charge is 2.17. The summed E-state index contributed by atoms with van der Waals surface area (Å²) in [5, 5.41) is 12.9. The highest BCUT2D eigenvalue weighted by molar-refractivity contribution is 8.00. The van der Waals surface area contributed by atoms with Gasteiger partial charge in [-0.25, -0.2) is 0 Å². The Morgan fingerprint density at radius 1 is 1.13 bits per heavy atom. The molecule has 2 aromatic rings. The van der Waals surface area contributed by atoms with Crippen molar-refractivity contribution < 1.29 is 9.90 Å². The van der Waals surface area contributed by atoms with Gasteiger partial charge in [-0.05, 0) is 30.5 Å². The van der Waals surface area contributed by atoms with Crippen LogP contribution in [0.2, 0.25) is 0 Å². The van der Waals surface area contributed by atoms with Crippen LogP contribution in [0, 0.1) is 0 Å². The van der Waals surface area contributed by atoms with Crippen molar-refractivity contribution in [1.29, 1.82) is 0 Å².